The van der Waals surface area contributed by atoms with Crippen LogP contribution in [0.5, 0.6) is 0 Å². The minimum absolute atomic E-state index is 0.0667. The van der Waals surface area contributed by atoms with E-state index < -0.39 is 14.9 Å². The number of rotatable bonds is 6. The van der Waals surface area contributed by atoms with Crippen molar-refractivity contribution in [2.24, 2.45) is 34.5 Å². The van der Waals surface area contributed by atoms with Gasteiger partial charge in [0, 0.05) is 6.10 Å². The van der Waals surface area contributed by atoms with Gasteiger partial charge in [-0.25, -0.2) is 4.39 Å². The van der Waals surface area contributed by atoms with Crippen molar-refractivity contribution in [2.75, 3.05) is 6.61 Å². The minimum Gasteiger partial charge on any atom is -0.414 e. The van der Waals surface area contributed by atoms with Crippen molar-refractivity contribution < 1.29 is 13.9 Å². The number of aliphatic hydroxyl groups excluding tert-OH is 1. The topological polar surface area (TPSA) is 29.5 Å². The number of allylic oxidation sites excluding steroid dienone is 2. The van der Waals surface area contributed by atoms with Crippen LogP contribution < -0.4 is 0 Å². The molecule has 4 aliphatic carbocycles. The first-order chi connectivity index (χ1) is 16.3. The van der Waals surface area contributed by atoms with Crippen LogP contribution in [0.15, 0.2) is 23.0 Å². The standard InChI is InChI=1S/C31H53FO2Si/c1-9-10-11-21-18-22-19-23(34-35(7,8)29(2,3)4)14-16-30(22,5)26-15-17-31(6)24(27(32)20-33)12-13-25(31)28(21)26/h18,21,23,25-26,28,33H,9-17,19-20H2,1-8H3/t21-,23?,25+,26+,28+,30+,31-/m1/s1. The van der Waals surface area contributed by atoms with Crippen molar-refractivity contribution in [1.29, 1.82) is 0 Å². The van der Waals surface area contributed by atoms with E-state index in [-0.39, 0.29) is 21.7 Å². The van der Waals surface area contributed by atoms with Crippen molar-refractivity contribution in [3.63, 3.8) is 0 Å². The number of hydrogen-bond donors (Lipinski definition) is 1. The van der Waals surface area contributed by atoms with Gasteiger partial charge in [-0.1, -0.05) is 66.0 Å². The van der Waals surface area contributed by atoms with Crippen LogP contribution in [0, 0.1) is 34.5 Å². The molecule has 35 heavy (non-hydrogen) atoms. The fourth-order valence-corrected chi connectivity index (χ4v) is 9.94. The van der Waals surface area contributed by atoms with Crippen LogP contribution >= 0.6 is 0 Å². The van der Waals surface area contributed by atoms with Gasteiger partial charge < -0.3 is 9.53 Å². The SMILES string of the molecule is CCCC[C@@H]1C=C2CC(O[Si](C)(C)C(C)(C)C)CC[C@]2(C)[C@H]2CC[C@]3(C)C(=C(F)CO)CC[C@H]3[C@H]12. The van der Waals surface area contributed by atoms with E-state index >= 15 is 0 Å². The highest BCUT2D eigenvalue weighted by Crippen LogP contribution is 2.68. The number of hydrogen-bond acceptors (Lipinski definition) is 2. The second-order valence-electron chi connectivity index (χ2n) is 14.5. The fraction of sp³-hybridized carbons (Fsp3) is 0.871. The minimum atomic E-state index is -1.78. The van der Waals surface area contributed by atoms with E-state index in [1.165, 1.54) is 38.5 Å². The monoisotopic (exact) mass is 504 g/mol. The summed E-state index contributed by atoms with van der Waals surface area (Å²) in [7, 11) is -1.78. The lowest BCUT2D eigenvalue weighted by molar-refractivity contribution is -0.0499. The Morgan fingerprint density at radius 3 is 2.40 bits per heavy atom. The van der Waals surface area contributed by atoms with Gasteiger partial charge in [0.1, 0.15) is 5.83 Å². The molecule has 4 rings (SSSR count). The third-order valence-electron chi connectivity index (χ3n) is 11.6. The predicted octanol–water partition coefficient (Wildman–Crippen LogP) is 8.97. The molecule has 0 spiro atoms. The second-order valence-corrected chi connectivity index (χ2v) is 19.2. The molecule has 0 aromatic rings. The summed E-state index contributed by atoms with van der Waals surface area (Å²) in [6.45, 7) is 18.6. The molecule has 2 nitrogen and oxygen atoms in total. The molecule has 0 heterocycles. The van der Waals surface area contributed by atoms with Crippen LogP contribution in [-0.4, -0.2) is 26.1 Å². The zero-order valence-corrected chi connectivity index (χ0v) is 25.0. The molecule has 0 radical (unpaired) electrons. The summed E-state index contributed by atoms with van der Waals surface area (Å²) < 4.78 is 21.7. The summed E-state index contributed by atoms with van der Waals surface area (Å²) in [6.07, 6.45) is 14.6. The van der Waals surface area contributed by atoms with Crippen molar-refractivity contribution in [1.82, 2.24) is 0 Å². The van der Waals surface area contributed by atoms with Gasteiger partial charge in [0.25, 0.3) is 0 Å². The van der Waals surface area contributed by atoms with Gasteiger partial charge in [-0.3, -0.25) is 0 Å². The smallest absolute Gasteiger partial charge is 0.192 e. The summed E-state index contributed by atoms with van der Waals surface area (Å²) >= 11 is 0. The molecule has 0 aromatic heterocycles. The van der Waals surface area contributed by atoms with E-state index in [1.54, 1.807) is 5.57 Å². The molecule has 200 valence electrons. The Bertz CT molecular complexity index is 855. The first-order valence-corrected chi connectivity index (χ1v) is 17.6. The number of aliphatic hydroxyl groups is 1. The van der Waals surface area contributed by atoms with E-state index in [4.69, 9.17) is 4.43 Å². The van der Waals surface area contributed by atoms with Gasteiger partial charge in [-0.15, -0.1) is 0 Å². The van der Waals surface area contributed by atoms with E-state index in [9.17, 15) is 9.50 Å². The molecule has 0 amide bonds. The van der Waals surface area contributed by atoms with Crippen molar-refractivity contribution in [3.05, 3.63) is 23.0 Å². The quantitative estimate of drug-likeness (QED) is 0.289. The summed E-state index contributed by atoms with van der Waals surface area (Å²) in [6, 6.07) is 0. The normalized spacial score (nSPS) is 41.1. The molecule has 4 aliphatic rings. The Kier molecular flexibility index (Phi) is 7.64. The molecule has 0 saturated heterocycles. The molecular formula is C31H53FO2Si. The van der Waals surface area contributed by atoms with E-state index in [0.717, 1.165) is 31.3 Å². The first-order valence-electron chi connectivity index (χ1n) is 14.7. The van der Waals surface area contributed by atoms with E-state index in [1.807, 2.05) is 0 Å². The highest BCUT2D eigenvalue weighted by atomic mass is 28.4. The van der Waals surface area contributed by atoms with Crippen LogP contribution in [0.4, 0.5) is 4.39 Å². The van der Waals surface area contributed by atoms with Crippen LogP contribution in [0.2, 0.25) is 18.1 Å². The molecule has 1 unspecified atom stereocenters. The van der Waals surface area contributed by atoms with Gasteiger partial charge in [0.2, 0.25) is 0 Å². The summed E-state index contributed by atoms with van der Waals surface area (Å²) in [5.41, 5.74) is 2.84. The highest BCUT2D eigenvalue weighted by molar-refractivity contribution is 6.74. The Balaban J connectivity index is 1.66. The fourth-order valence-electron chi connectivity index (χ4n) is 8.55. The molecule has 1 N–H and O–H groups in total. The molecule has 3 fully saturated rings. The van der Waals surface area contributed by atoms with Gasteiger partial charge in [-0.05, 0) is 110 Å². The Morgan fingerprint density at radius 2 is 1.77 bits per heavy atom. The summed E-state index contributed by atoms with van der Waals surface area (Å²) in [4.78, 5) is 0. The summed E-state index contributed by atoms with van der Waals surface area (Å²) in [5.74, 6) is 2.27. The molecule has 4 heteroatoms. The van der Waals surface area contributed by atoms with E-state index in [2.05, 4.69) is 60.7 Å². The molecule has 3 saturated carbocycles. The van der Waals surface area contributed by atoms with Crippen LogP contribution in [0.25, 0.3) is 0 Å². The van der Waals surface area contributed by atoms with Gasteiger partial charge in [0.15, 0.2) is 8.32 Å². The molecule has 0 aliphatic heterocycles. The zero-order valence-electron chi connectivity index (χ0n) is 24.0. The second kappa shape index (κ2) is 9.69. The lowest BCUT2D eigenvalue weighted by atomic mass is 9.45. The Morgan fingerprint density at radius 1 is 1.11 bits per heavy atom. The molecule has 7 atom stereocenters. The van der Waals surface area contributed by atoms with Gasteiger partial charge in [-0.2, -0.15) is 0 Å². The maximum Gasteiger partial charge on any atom is 0.192 e. The average molecular weight is 505 g/mol. The highest BCUT2D eigenvalue weighted by Gasteiger charge is 2.60. The lowest BCUT2D eigenvalue weighted by Gasteiger charge is -2.60. The van der Waals surface area contributed by atoms with Crippen molar-refractivity contribution >= 4 is 8.32 Å². The third-order valence-corrected chi connectivity index (χ3v) is 16.2. The average Bonchev–Trinajstić information content (AvgIpc) is 3.13. The molecular weight excluding hydrogens is 451 g/mol. The van der Waals surface area contributed by atoms with Crippen molar-refractivity contribution in [3.8, 4) is 0 Å². The number of fused-ring (bicyclic) bond motifs is 5. The number of halogens is 1. The lowest BCUT2D eigenvalue weighted by Crippen LogP contribution is -2.53. The predicted molar refractivity (Wildman–Crippen MR) is 147 cm³/mol. The van der Waals surface area contributed by atoms with Gasteiger partial charge in [0.05, 0.1) is 6.61 Å². The van der Waals surface area contributed by atoms with Crippen LogP contribution in [0.3, 0.4) is 0 Å². The summed E-state index contributed by atoms with van der Waals surface area (Å²) in [5, 5.41) is 9.84. The molecule has 0 aromatic carbocycles. The Hall–Kier alpha value is -0.453. The van der Waals surface area contributed by atoms with Crippen LogP contribution in [0.1, 0.15) is 106 Å². The third kappa shape index (κ3) is 4.67. The Labute approximate surface area is 216 Å². The van der Waals surface area contributed by atoms with Crippen molar-refractivity contribution in [2.45, 2.75) is 130 Å². The maximum atomic E-state index is 14.8. The van der Waals surface area contributed by atoms with Crippen LogP contribution in [-0.2, 0) is 4.43 Å². The largest absolute Gasteiger partial charge is 0.414 e. The van der Waals surface area contributed by atoms with Gasteiger partial charge >= 0.3 is 0 Å². The zero-order chi connectivity index (χ0) is 25.8. The maximum absolute atomic E-state index is 14.8. The van der Waals surface area contributed by atoms with E-state index in [0.29, 0.717) is 29.8 Å². The molecule has 0 bridgehead atoms. The number of unbranched alkanes of at least 4 members (excludes halogenated alkanes) is 1. The first kappa shape index (κ1) is 27.6.